The van der Waals surface area contributed by atoms with E-state index in [9.17, 15) is 15.8 Å². The second kappa shape index (κ2) is 9.74. The van der Waals surface area contributed by atoms with Crippen molar-refractivity contribution in [1.29, 1.82) is 15.8 Å². The van der Waals surface area contributed by atoms with Crippen LogP contribution in [0.25, 0.3) is 77.3 Å². The molecule has 44 heavy (non-hydrogen) atoms. The molecule has 0 saturated heterocycles. The minimum absolute atomic E-state index is 0.326. The van der Waals surface area contributed by atoms with Gasteiger partial charge in [0.2, 0.25) is 0 Å². The summed E-state index contributed by atoms with van der Waals surface area (Å²) in [7, 11) is 0. The summed E-state index contributed by atoms with van der Waals surface area (Å²) in [6, 6.07) is 43.5. The molecule has 0 N–H and O–H groups in total. The van der Waals surface area contributed by atoms with Crippen molar-refractivity contribution < 1.29 is 8.83 Å². The van der Waals surface area contributed by atoms with Crippen LogP contribution < -0.4 is 0 Å². The summed E-state index contributed by atoms with van der Waals surface area (Å²) in [5.41, 5.74) is 8.32. The molecular formula is C39H19N3O2. The van der Waals surface area contributed by atoms with Gasteiger partial charge in [-0.1, -0.05) is 60.7 Å². The molecule has 0 aliphatic heterocycles. The normalized spacial score (nSPS) is 11.1. The van der Waals surface area contributed by atoms with E-state index < -0.39 is 0 Å². The Morgan fingerprint density at radius 1 is 0.432 bits per heavy atom. The standard InChI is InChI=1S/C39H19N3O2/c40-20-24-7-5-8-25(21-41)38(24)32-19-26(27-11-6-14-37-39(27)29-10-2-4-13-35(29)44-37)18-30(33(32)22-42)23-15-16-36-31(17-23)28-9-1-3-12-34(28)43-36/h1-19H. The number of hydrogen-bond acceptors (Lipinski definition) is 5. The molecule has 0 atom stereocenters. The molecule has 0 fully saturated rings. The molecule has 0 unspecified atom stereocenters. The summed E-state index contributed by atoms with van der Waals surface area (Å²) >= 11 is 0. The van der Waals surface area contributed by atoms with Gasteiger partial charge in [0.25, 0.3) is 0 Å². The number of rotatable bonds is 3. The summed E-state index contributed by atoms with van der Waals surface area (Å²) in [5, 5.41) is 34.7. The third-order valence-electron chi connectivity index (χ3n) is 8.23. The second-order valence-electron chi connectivity index (χ2n) is 10.6. The molecule has 0 bridgehead atoms. The predicted molar refractivity (Wildman–Crippen MR) is 171 cm³/mol. The van der Waals surface area contributed by atoms with E-state index in [1.807, 2.05) is 97.1 Å². The van der Waals surface area contributed by atoms with Crippen LogP contribution in [-0.4, -0.2) is 0 Å². The Bertz CT molecular complexity index is 2570. The lowest BCUT2D eigenvalue weighted by Gasteiger charge is -2.16. The second-order valence-corrected chi connectivity index (χ2v) is 10.6. The number of benzene rings is 6. The highest BCUT2D eigenvalue weighted by Crippen LogP contribution is 2.43. The van der Waals surface area contributed by atoms with Gasteiger partial charge in [-0.3, -0.25) is 0 Å². The van der Waals surface area contributed by atoms with Gasteiger partial charge in [0.05, 0.1) is 28.8 Å². The molecular weight excluding hydrogens is 542 g/mol. The van der Waals surface area contributed by atoms with Crippen molar-refractivity contribution in [1.82, 2.24) is 0 Å². The average molecular weight is 562 g/mol. The van der Waals surface area contributed by atoms with E-state index in [1.165, 1.54) is 0 Å². The van der Waals surface area contributed by atoms with Gasteiger partial charge in [-0.15, -0.1) is 0 Å². The molecule has 6 aromatic carbocycles. The van der Waals surface area contributed by atoms with Crippen LogP contribution in [0.15, 0.2) is 124 Å². The number of para-hydroxylation sites is 2. The van der Waals surface area contributed by atoms with Crippen LogP contribution in [0.2, 0.25) is 0 Å². The van der Waals surface area contributed by atoms with Gasteiger partial charge in [-0.2, -0.15) is 15.8 Å². The Hall–Kier alpha value is -6.61. The molecule has 5 nitrogen and oxygen atoms in total. The molecule has 8 aromatic rings. The Balaban J connectivity index is 1.50. The van der Waals surface area contributed by atoms with E-state index in [4.69, 9.17) is 8.83 Å². The zero-order valence-corrected chi connectivity index (χ0v) is 23.1. The monoisotopic (exact) mass is 561 g/mol. The van der Waals surface area contributed by atoms with Gasteiger partial charge in [0.1, 0.15) is 28.4 Å². The fourth-order valence-electron chi connectivity index (χ4n) is 6.28. The van der Waals surface area contributed by atoms with E-state index in [0.717, 1.165) is 60.6 Å². The molecule has 5 heteroatoms. The molecule has 2 heterocycles. The Kier molecular flexibility index (Phi) is 5.56. The first kappa shape index (κ1) is 25.1. The fraction of sp³-hybridized carbons (Fsp3) is 0. The highest BCUT2D eigenvalue weighted by atomic mass is 16.3. The fourth-order valence-corrected chi connectivity index (χ4v) is 6.28. The number of nitrogens with zero attached hydrogens (tertiary/aromatic N) is 3. The van der Waals surface area contributed by atoms with E-state index in [1.54, 1.807) is 18.2 Å². The topological polar surface area (TPSA) is 97.7 Å². The summed E-state index contributed by atoms with van der Waals surface area (Å²) in [6.07, 6.45) is 0. The molecule has 0 aliphatic carbocycles. The molecule has 8 rings (SSSR count). The van der Waals surface area contributed by atoms with Gasteiger partial charge in [-0.05, 0) is 71.3 Å². The lowest BCUT2D eigenvalue weighted by Crippen LogP contribution is -1.97. The smallest absolute Gasteiger partial charge is 0.136 e. The van der Waals surface area contributed by atoms with E-state index in [-0.39, 0.29) is 0 Å². The highest BCUT2D eigenvalue weighted by Gasteiger charge is 2.22. The van der Waals surface area contributed by atoms with Crippen LogP contribution in [0.1, 0.15) is 16.7 Å². The summed E-state index contributed by atoms with van der Waals surface area (Å²) in [5.74, 6) is 0. The van der Waals surface area contributed by atoms with Crippen molar-refractivity contribution in [2.75, 3.05) is 0 Å². The SMILES string of the molecule is N#Cc1cccc(C#N)c1-c1cc(-c2cccc3oc4ccccc4c23)cc(-c2ccc3oc4ccccc4c3c2)c1C#N. The van der Waals surface area contributed by atoms with Crippen molar-refractivity contribution in [3.8, 4) is 51.6 Å². The molecule has 202 valence electrons. The zero-order valence-electron chi connectivity index (χ0n) is 23.1. The third-order valence-corrected chi connectivity index (χ3v) is 8.23. The maximum Gasteiger partial charge on any atom is 0.136 e. The van der Waals surface area contributed by atoms with E-state index in [2.05, 4.69) is 18.2 Å². The zero-order chi connectivity index (χ0) is 29.8. The number of fused-ring (bicyclic) bond motifs is 6. The van der Waals surface area contributed by atoms with Crippen molar-refractivity contribution in [2.45, 2.75) is 0 Å². The van der Waals surface area contributed by atoms with Crippen LogP contribution in [0.5, 0.6) is 0 Å². The van der Waals surface area contributed by atoms with Crippen LogP contribution in [0.4, 0.5) is 0 Å². The molecule has 0 radical (unpaired) electrons. The molecule has 0 spiro atoms. The molecule has 0 amide bonds. The Morgan fingerprint density at radius 2 is 1.05 bits per heavy atom. The lowest BCUT2D eigenvalue weighted by atomic mass is 9.84. The van der Waals surface area contributed by atoms with Crippen molar-refractivity contribution in [3.05, 3.63) is 132 Å². The van der Waals surface area contributed by atoms with Crippen molar-refractivity contribution in [3.63, 3.8) is 0 Å². The van der Waals surface area contributed by atoms with E-state index >= 15 is 0 Å². The minimum Gasteiger partial charge on any atom is -0.456 e. The molecule has 0 saturated carbocycles. The van der Waals surface area contributed by atoms with Crippen molar-refractivity contribution >= 4 is 43.9 Å². The van der Waals surface area contributed by atoms with Gasteiger partial charge in [0.15, 0.2) is 0 Å². The summed E-state index contributed by atoms with van der Waals surface area (Å²) in [6.45, 7) is 0. The number of hydrogen-bond donors (Lipinski definition) is 0. The van der Waals surface area contributed by atoms with E-state index in [0.29, 0.717) is 33.4 Å². The average Bonchev–Trinajstić information content (AvgIpc) is 3.65. The Labute approximate surface area is 251 Å². The quantitative estimate of drug-likeness (QED) is 0.214. The first-order chi connectivity index (χ1) is 21.7. The molecule has 0 aliphatic rings. The summed E-state index contributed by atoms with van der Waals surface area (Å²) < 4.78 is 12.3. The van der Waals surface area contributed by atoms with Crippen LogP contribution in [0.3, 0.4) is 0 Å². The van der Waals surface area contributed by atoms with Gasteiger partial charge in [-0.25, -0.2) is 0 Å². The Morgan fingerprint density at radius 3 is 1.80 bits per heavy atom. The lowest BCUT2D eigenvalue weighted by molar-refractivity contribution is 0.668. The number of nitriles is 3. The van der Waals surface area contributed by atoms with Gasteiger partial charge < -0.3 is 8.83 Å². The maximum atomic E-state index is 10.7. The van der Waals surface area contributed by atoms with Gasteiger partial charge in [0, 0.05) is 38.2 Å². The largest absolute Gasteiger partial charge is 0.456 e. The van der Waals surface area contributed by atoms with Crippen LogP contribution in [0, 0.1) is 34.0 Å². The predicted octanol–water partition coefficient (Wildman–Crippen LogP) is 10.1. The highest BCUT2D eigenvalue weighted by molar-refractivity contribution is 6.13. The van der Waals surface area contributed by atoms with Crippen molar-refractivity contribution in [2.24, 2.45) is 0 Å². The number of furan rings is 2. The molecule has 2 aromatic heterocycles. The maximum absolute atomic E-state index is 10.7. The minimum atomic E-state index is 0.326. The van der Waals surface area contributed by atoms with Crippen LogP contribution in [-0.2, 0) is 0 Å². The summed E-state index contributed by atoms with van der Waals surface area (Å²) in [4.78, 5) is 0. The van der Waals surface area contributed by atoms with Gasteiger partial charge >= 0.3 is 0 Å². The van der Waals surface area contributed by atoms with Crippen LogP contribution >= 0.6 is 0 Å². The first-order valence-corrected chi connectivity index (χ1v) is 14.0. The third kappa shape index (κ3) is 3.70. The first-order valence-electron chi connectivity index (χ1n) is 14.0.